The number of aromatic nitrogens is 1. The zero-order valence-corrected chi connectivity index (χ0v) is 21.8. The van der Waals surface area contributed by atoms with Gasteiger partial charge >= 0.3 is 6.09 Å². The number of imide groups is 1. The van der Waals surface area contributed by atoms with Gasteiger partial charge in [0.25, 0.3) is 0 Å². The van der Waals surface area contributed by atoms with Crippen LogP contribution >= 0.6 is 0 Å². The summed E-state index contributed by atoms with van der Waals surface area (Å²) >= 11 is 0. The molecular weight excluding hydrogens is 478 g/mol. The highest BCUT2D eigenvalue weighted by atomic mass is 16.6. The number of para-hydroxylation sites is 1. The number of hydrogen-bond donors (Lipinski definition) is 0. The maximum atomic E-state index is 13.9. The standard InChI is InChI=1S/C30H29N5O3/c1-18-14-19(2)28(20(3)15-18)34-16-24(23-12-8-9-13-25(23)34)21(4)27(32-33-31)29(36)35-26(17-38-30(35)37)22-10-6-5-7-11-22/h5-16,21,26-27H,17H2,1-4H3. The third kappa shape index (κ3) is 4.29. The van der Waals surface area contributed by atoms with Crippen LogP contribution in [0.25, 0.3) is 27.0 Å². The van der Waals surface area contributed by atoms with E-state index in [4.69, 9.17) is 4.74 Å². The zero-order chi connectivity index (χ0) is 27.0. The fraction of sp³-hybridized carbons (Fsp3) is 0.267. The summed E-state index contributed by atoms with van der Waals surface area (Å²) in [5.41, 5.74) is 16.6. The molecule has 3 aromatic carbocycles. The summed E-state index contributed by atoms with van der Waals surface area (Å²) in [7, 11) is 0. The first-order chi connectivity index (χ1) is 18.3. The Morgan fingerprint density at radius 2 is 1.71 bits per heavy atom. The average molecular weight is 508 g/mol. The van der Waals surface area contributed by atoms with Crippen molar-refractivity contribution in [3.05, 3.63) is 111 Å². The molecule has 8 nitrogen and oxygen atoms in total. The Balaban J connectivity index is 1.59. The second kappa shape index (κ2) is 10.1. The number of cyclic esters (lactones) is 1. The molecule has 3 unspecified atom stereocenters. The summed E-state index contributed by atoms with van der Waals surface area (Å²) in [4.78, 5) is 30.7. The van der Waals surface area contributed by atoms with E-state index < -0.39 is 30.0 Å². The third-order valence-corrected chi connectivity index (χ3v) is 7.31. The molecule has 192 valence electrons. The number of amides is 2. The molecule has 1 saturated heterocycles. The molecule has 0 aliphatic carbocycles. The van der Waals surface area contributed by atoms with Gasteiger partial charge in [-0.05, 0) is 54.6 Å². The number of rotatable bonds is 6. The third-order valence-electron chi connectivity index (χ3n) is 7.31. The highest BCUT2D eigenvalue weighted by molar-refractivity contribution is 5.98. The van der Waals surface area contributed by atoms with Crippen molar-refractivity contribution in [3.63, 3.8) is 0 Å². The van der Waals surface area contributed by atoms with E-state index >= 15 is 0 Å². The Morgan fingerprint density at radius 3 is 2.39 bits per heavy atom. The number of carbonyl (C=O) groups excluding carboxylic acids is 2. The molecule has 2 amide bonds. The van der Waals surface area contributed by atoms with Crippen LogP contribution in [0.4, 0.5) is 4.79 Å². The molecule has 8 heteroatoms. The van der Waals surface area contributed by atoms with Crippen molar-refractivity contribution >= 4 is 22.9 Å². The molecule has 0 N–H and O–H groups in total. The van der Waals surface area contributed by atoms with Gasteiger partial charge in [-0.1, -0.05) is 78.3 Å². The van der Waals surface area contributed by atoms with E-state index in [1.54, 1.807) is 0 Å². The number of aryl methyl sites for hydroxylation is 3. The van der Waals surface area contributed by atoms with Crippen LogP contribution in [-0.2, 0) is 9.53 Å². The molecule has 0 spiro atoms. The summed E-state index contributed by atoms with van der Waals surface area (Å²) in [5, 5.41) is 4.87. The van der Waals surface area contributed by atoms with Gasteiger partial charge in [0.2, 0.25) is 5.91 Å². The van der Waals surface area contributed by atoms with Gasteiger partial charge in [-0.15, -0.1) is 0 Å². The second-order valence-corrected chi connectivity index (χ2v) is 9.87. The van der Waals surface area contributed by atoms with Crippen LogP contribution in [-0.4, -0.2) is 34.1 Å². The number of nitrogens with zero attached hydrogens (tertiary/aromatic N) is 5. The number of fused-ring (bicyclic) bond motifs is 1. The van der Waals surface area contributed by atoms with Crippen LogP contribution in [0, 0.1) is 20.8 Å². The quantitative estimate of drug-likeness (QED) is 0.159. The first-order valence-electron chi connectivity index (χ1n) is 12.6. The average Bonchev–Trinajstić information content (AvgIpc) is 3.47. The van der Waals surface area contributed by atoms with E-state index in [0.29, 0.717) is 0 Å². The summed E-state index contributed by atoms with van der Waals surface area (Å²) in [6.45, 7) is 8.16. The first-order valence-corrected chi connectivity index (χ1v) is 12.6. The largest absolute Gasteiger partial charge is 0.446 e. The van der Waals surface area contributed by atoms with Crippen LogP contribution in [0.5, 0.6) is 0 Å². The van der Waals surface area contributed by atoms with Crippen molar-refractivity contribution in [2.45, 2.75) is 45.7 Å². The van der Waals surface area contributed by atoms with Crippen molar-refractivity contribution in [2.24, 2.45) is 5.11 Å². The van der Waals surface area contributed by atoms with Crippen LogP contribution in [0.3, 0.4) is 0 Å². The SMILES string of the molecule is Cc1cc(C)c(-n2cc(C(C)C(N=[N+]=[N-])C(=O)N3C(=O)OCC3c3ccccc3)c3ccccc32)c(C)c1. The fourth-order valence-corrected chi connectivity index (χ4v) is 5.62. The van der Waals surface area contributed by atoms with Gasteiger partial charge in [0.05, 0.1) is 11.2 Å². The topological polar surface area (TPSA) is 100 Å². The van der Waals surface area contributed by atoms with Gasteiger partial charge in [-0.2, -0.15) is 0 Å². The van der Waals surface area contributed by atoms with Crippen molar-refractivity contribution < 1.29 is 14.3 Å². The van der Waals surface area contributed by atoms with Gasteiger partial charge in [0, 0.05) is 22.4 Å². The Hall–Kier alpha value is -4.55. The summed E-state index contributed by atoms with van der Waals surface area (Å²) in [6, 6.07) is 19.8. The molecule has 5 rings (SSSR count). The molecule has 38 heavy (non-hydrogen) atoms. The van der Waals surface area contributed by atoms with Crippen molar-refractivity contribution in [1.29, 1.82) is 0 Å². The molecule has 0 saturated carbocycles. The monoisotopic (exact) mass is 507 g/mol. The molecule has 0 radical (unpaired) electrons. The van der Waals surface area contributed by atoms with Gasteiger partial charge in [-0.25, -0.2) is 9.69 Å². The Bertz CT molecular complexity index is 1560. The van der Waals surface area contributed by atoms with E-state index in [2.05, 4.69) is 47.5 Å². The maximum absolute atomic E-state index is 13.9. The predicted molar refractivity (Wildman–Crippen MR) is 146 cm³/mol. The lowest BCUT2D eigenvalue weighted by molar-refractivity contribution is -0.131. The Morgan fingerprint density at radius 1 is 1.05 bits per heavy atom. The van der Waals surface area contributed by atoms with Crippen molar-refractivity contribution in [3.8, 4) is 5.69 Å². The highest BCUT2D eigenvalue weighted by Gasteiger charge is 2.43. The molecule has 0 bridgehead atoms. The van der Waals surface area contributed by atoms with Crippen LogP contribution < -0.4 is 0 Å². The lowest BCUT2D eigenvalue weighted by atomic mass is 9.92. The first kappa shape index (κ1) is 25.1. The molecule has 1 aromatic heterocycles. The lowest BCUT2D eigenvalue weighted by Crippen LogP contribution is -2.42. The van der Waals surface area contributed by atoms with Crippen LogP contribution in [0.1, 0.15) is 46.7 Å². The summed E-state index contributed by atoms with van der Waals surface area (Å²) in [6.07, 6.45) is 1.28. The summed E-state index contributed by atoms with van der Waals surface area (Å²) < 4.78 is 7.40. The lowest BCUT2D eigenvalue weighted by Gasteiger charge is -2.26. The minimum atomic E-state index is -1.14. The molecule has 4 aromatic rings. The Labute approximate surface area is 221 Å². The summed E-state index contributed by atoms with van der Waals surface area (Å²) in [5.74, 6) is -1.09. The number of benzene rings is 3. The van der Waals surface area contributed by atoms with E-state index in [1.165, 1.54) is 5.56 Å². The number of azide groups is 1. The smallest absolute Gasteiger partial charge is 0.417 e. The molecule has 1 fully saturated rings. The van der Waals surface area contributed by atoms with E-state index in [0.717, 1.165) is 43.7 Å². The highest BCUT2D eigenvalue weighted by Crippen LogP contribution is 2.37. The Kier molecular flexibility index (Phi) is 6.66. The number of ether oxygens (including phenoxy) is 1. The minimum absolute atomic E-state index is 0.0528. The van der Waals surface area contributed by atoms with E-state index in [-0.39, 0.29) is 6.61 Å². The van der Waals surface area contributed by atoms with Gasteiger partial charge in [0.1, 0.15) is 18.7 Å². The molecular formula is C30H29N5O3. The van der Waals surface area contributed by atoms with E-state index in [1.807, 2.05) is 67.7 Å². The normalized spacial score (nSPS) is 16.7. The molecule has 3 atom stereocenters. The predicted octanol–water partition coefficient (Wildman–Crippen LogP) is 7.06. The number of hydrogen-bond acceptors (Lipinski definition) is 4. The van der Waals surface area contributed by atoms with Gasteiger partial charge in [0.15, 0.2) is 0 Å². The maximum Gasteiger partial charge on any atom is 0.417 e. The minimum Gasteiger partial charge on any atom is -0.446 e. The van der Waals surface area contributed by atoms with Crippen LogP contribution in [0.15, 0.2) is 78.0 Å². The van der Waals surface area contributed by atoms with Crippen LogP contribution in [0.2, 0.25) is 0 Å². The van der Waals surface area contributed by atoms with E-state index in [9.17, 15) is 15.1 Å². The van der Waals surface area contributed by atoms with Gasteiger partial charge < -0.3 is 9.30 Å². The fourth-order valence-electron chi connectivity index (χ4n) is 5.62. The van der Waals surface area contributed by atoms with Crippen molar-refractivity contribution in [1.82, 2.24) is 9.47 Å². The molecule has 2 heterocycles. The second-order valence-electron chi connectivity index (χ2n) is 9.87. The molecule has 1 aliphatic rings. The van der Waals surface area contributed by atoms with Crippen molar-refractivity contribution in [2.75, 3.05) is 6.61 Å². The molecule has 1 aliphatic heterocycles. The van der Waals surface area contributed by atoms with Gasteiger partial charge in [-0.3, -0.25) is 4.79 Å². The number of carbonyl (C=O) groups is 2. The zero-order valence-electron chi connectivity index (χ0n) is 21.8.